The summed E-state index contributed by atoms with van der Waals surface area (Å²) in [6.45, 7) is 1.75. The van der Waals surface area contributed by atoms with Crippen molar-refractivity contribution >= 4 is 38.2 Å². The number of amides is 1. The molecule has 0 bridgehead atoms. The van der Waals surface area contributed by atoms with Crippen LogP contribution in [0.1, 0.15) is 15.9 Å². The van der Waals surface area contributed by atoms with Gasteiger partial charge in [0, 0.05) is 16.6 Å². The number of nitrogen functional groups attached to an aromatic ring is 1. The summed E-state index contributed by atoms with van der Waals surface area (Å²) in [4.78, 5) is 11.9. The quantitative estimate of drug-likeness (QED) is 0.318. The van der Waals surface area contributed by atoms with Gasteiger partial charge in [0.2, 0.25) is 0 Å². The molecule has 1 amide bonds. The summed E-state index contributed by atoms with van der Waals surface area (Å²) in [5, 5.41) is 13.7. The molecule has 3 aromatic carbocycles. The highest BCUT2D eigenvalue weighted by Gasteiger charge is 2.22. The van der Waals surface area contributed by atoms with Crippen LogP contribution in [-0.2, 0) is 10.1 Å². The van der Waals surface area contributed by atoms with E-state index in [0.717, 1.165) is 6.07 Å². The molecule has 0 fully saturated rings. The summed E-state index contributed by atoms with van der Waals surface area (Å²) < 4.78 is 32.5. The van der Waals surface area contributed by atoms with Crippen molar-refractivity contribution < 1.29 is 22.9 Å². The van der Waals surface area contributed by atoms with Gasteiger partial charge in [-0.2, -0.15) is 8.42 Å². The van der Waals surface area contributed by atoms with E-state index in [9.17, 15) is 22.9 Å². The molecule has 134 valence electrons. The van der Waals surface area contributed by atoms with Gasteiger partial charge in [-0.25, -0.2) is 0 Å². The lowest BCUT2D eigenvalue weighted by atomic mass is 10.1. The molecule has 5 N–H and O–H groups in total. The Kier molecular flexibility index (Phi) is 4.31. The van der Waals surface area contributed by atoms with Crippen LogP contribution in [0.15, 0.2) is 53.4 Å². The normalized spacial score (nSPS) is 11.5. The Balaban J connectivity index is 2.16. The van der Waals surface area contributed by atoms with Crippen molar-refractivity contribution in [2.45, 2.75) is 11.8 Å². The number of aryl methyl sites for hydroxylation is 1. The average molecular weight is 372 g/mol. The third-order valence-electron chi connectivity index (χ3n) is 4.04. The van der Waals surface area contributed by atoms with E-state index in [0.29, 0.717) is 22.0 Å². The lowest BCUT2D eigenvalue weighted by Gasteiger charge is -2.14. The second-order valence-electron chi connectivity index (χ2n) is 5.82. The molecule has 0 heterocycles. The van der Waals surface area contributed by atoms with Crippen LogP contribution in [0.2, 0.25) is 0 Å². The predicted molar refractivity (Wildman–Crippen MR) is 99.0 cm³/mol. The second-order valence-corrected chi connectivity index (χ2v) is 7.21. The van der Waals surface area contributed by atoms with Gasteiger partial charge in [-0.15, -0.1) is 0 Å². The lowest BCUT2D eigenvalue weighted by molar-refractivity contribution is 0.102. The minimum atomic E-state index is -4.68. The molecule has 0 unspecified atom stereocenters. The van der Waals surface area contributed by atoms with Gasteiger partial charge in [0.1, 0.15) is 4.90 Å². The second kappa shape index (κ2) is 6.32. The van der Waals surface area contributed by atoms with E-state index in [1.54, 1.807) is 43.3 Å². The van der Waals surface area contributed by atoms with Crippen LogP contribution in [0.25, 0.3) is 10.8 Å². The standard InChI is InChI=1S/C18H16N2O5S/c1-10-8-12(6-7-14(10)19)18(22)20-16-13-5-3-2-4-11(13)9-15(17(16)21)26(23,24)25/h2-9,21H,19H2,1H3,(H,20,22)(H,23,24,25). The van der Waals surface area contributed by atoms with Gasteiger partial charge in [0.05, 0.1) is 5.69 Å². The van der Waals surface area contributed by atoms with Crippen LogP contribution in [-0.4, -0.2) is 24.0 Å². The van der Waals surface area contributed by atoms with E-state index in [2.05, 4.69) is 5.32 Å². The van der Waals surface area contributed by atoms with Gasteiger partial charge in [-0.05, 0) is 42.1 Å². The summed E-state index contributed by atoms with van der Waals surface area (Å²) in [7, 11) is -4.68. The fourth-order valence-corrected chi connectivity index (χ4v) is 3.26. The van der Waals surface area contributed by atoms with Crippen molar-refractivity contribution in [3.63, 3.8) is 0 Å². The molecule has 3 rings (SSSR count). The Bertz CT molecular complexity index is 1140. The molecule has 26 heavy (non-hydrogen) atoms. The van der Waals surface area contributed by atoms with Crippen LogP contribution >= 0.6 is 0 Å². The monoisotopic (exact) mass is 372 g/mol. The zero-order valence-corrected chi connectivity index (χ0v) is 14.5. The number of anilines is 2. The summed E-state index contributed by atoms with van der Waals surface area (Å²) >= 11 is 0. The molecule has 0 saturated heterocycles. The van der Waals surface area contributed by atoms with Crippen LogP contribution in [0.4, 0.5) is 11.4 Å². The van der Waals surface area contributed by atoms with E-state index in [1.807, 2.05) is 0 Å². The maximum Gasteiger partial charge on any atom is 0.298 e. The number of carbonyl (C=O) groups is 1. The van der Waals surface area contributed by atoms with Crippen LogP contribution < -0.4 is 11.1 Å². The molecule has 0 radical (unpaired) electrons. The van der Waals surface area contributed by atoms with Crippen molar-refractivity contribution in [1.82, 2.24) is 0 Å². The lowest BCUT2D eigenvalue weighted by Crippen LogP contribution is -2.13. The molecule has 0 saturated carbocycles. The molecule has 0 aliphatic heterocycles. The highest BCUT2D eigenvalue weighted by atomic mass is 32.2. The highest BCUT2D eigenvalue weighted by molar-refractivity contribution is 7.86. The van der Waals surface area contributed by atoms with Gasteiger partial charge in [0.15, 0.2) is 5.75 Å². The zero-order valence-electron chi connectivity index (χ0n) is 13.7. The molecular formula is C18H16N2O5S. The Morgan fingerprint density at radius 1 is 1.12 bits per heavy atom. The van der Waals surface area contributed by atoms with Gasteiger partial charge in [0.25, 0.3) is 16.0 Å². The summed E-state index contributed by atoms with van der Waals surface area (Å²) in [6, 6.07) is 12.4. The van der Waals surface area contributed by atoms with Gasteiger partial charge < -0.3 is 16.2 Å². The number of aromatic hydroxyl groups is 1. The van der Waals surface area contributed by atoms with Crippen molar-refractivity contribution in [3.8, 4) is 5.75 Å². The third-order valence-corrected chi connectivity index (χ3v) is 4.90. The third kappa shape index (κ3) is 3.19. The van der Waals surface area contributed by atoms with Gasteiger partial charge in [-0.3, -0.25) is 9.35 Å². The number of nitrogens with two attached hydrogens (primary N) is 1. The van der Waals surface area contributed by atoms with Crippen LogP contribution in [0.3, 0.4) is 0 Å². The number of fused-ring (bicyclic) bond motifs is 1. The molecule has 0 atom stereocenters. The molecule has 0 aliphatic carbocycles. The molecule has 0 spiro atoms. The first-order valence-electron chi connectivity index (χ1n) is 7.58. The maximum atomic E-state index is 12.6. The first kappa shape index (κ1) is 17.7. The van der Waals surface area contributed by atoms with Crippen LogP contribution in [0.5, 0.6) is 5.75 Å². The van der Waals surface area contributed by atoms with Crippen molar-refractivity contribution in [3.05, 3.63) is 59.7 Å². The molecule has 3 aromatic rings. The van der Waals surface area contributed by atoms with Gasteiger partial charge >= 0.3 is 0 Å². The number of carbonyl (C=O) groups excluding carboxylic acids is 1. The molecular weight excluding hydrogens is 356 g/mol. The van der Waals surface area contributed by atoms with Crippen molar-refractivity contribution in [2.75, 3.05) is 11.1 Å². The largest absolute Gasteiger partial charge is 0.504 e. The number of hydrogen-bond donors (Lipinski definition) is 4. The fraction of sp³-hybridized carbons (Fsp3) is 0.0556. The number of phenolic OH excluding ortho intramolecular Hbond substituents is 1. The van der Waals surface area contributed by atoms with Crippen LogP contribution in [0, 0.1) is 6.92 Å². The minimum absolute atomic E-state index is 0.102. The topological polar surface area (TPSA) is 130 Å². The van der Waals surface area contributed by atoms with Crippen molar-refractivity contribution in [1.29, 1.82) is 0 Å². The van der Waals surface area contributed by atoms with Crippen molar-refractivity contribution in [2.24, 2.45) is 0 Å². The maximum absolute atomic E-state index is 12.6. The first-order chi connectivity index (χ1) is 12.2. The summed E-state index contributed by atoms with van der Waals surface area (Å²) in [5.41, 5.74) is 7.17. The zero-order chi connectivity index (χ0) is 19.1. The fourth-order valence-electron chi connectivity index (χ4n) is 2.64. The van der Waals surface area contributed by atoms with E-state index in [1.165, 1.54) is 6.07 Å². The number of phenols is 1. The summed E-state index contributed by atoms with van der Waals surface area (Å²) in [5.74, 6) is -1.28. The molecule has 8 heteroatoms. The summed E-state index contributed by atoms with van der Waals surface area (Å²) in [6.07, 6.45) is 0. The number of hydrogen-bond acceptors (Lipinski definition) is 5. The number of benzene rings is 3. The predicted octanol–water partition coefficient (Wildman–Crippen LogP) is 2.94. The van der Waals surface area contributed by atoms with E-state index < -0.39 is 26.7 Å². The first-order valence-corrected chi connectivity index (χ1v) is 9.02. The van der Waals surface area contributed by atoms with E-state index in [-0.39, 0.29) is 11.3 Å². The Morgan fingerprint density at radius 3 is 2.46 bits per heavy atom. The van der Waals surface area contributed by atoms with E-state index in [4.69, 9.17) is 5.73 Å². The Labute approximate surface area is 149 Å². The molecule has 0 aliphatic rings. The highest BCUT2D eigenvalue weighted by Crippen LogP contribution is 2.38. The molecule has 7 nitrogen and oxygen atoms in total. The number of nitrogens with one attached hydrogen (secondary N) is 1. The number of rotatable bonds is 3. The van der Waals surface area contributed by atoms with Gasteiger partial charge in [-0.1, -0.05) is 24.3 Å². The Hall–Kier alpha value is -3.10. The smallest absolute Gasteiger partial charge is 0.298 e. The average Bonchev–Trinajstić information content (AvgIpc) is 2.58. The Morgan fingerprint density at radius 2 is 1.81 bits per heavy atom. The molecule has 0 aromatic heterocycles. The van der Waals surface area contributed by atoms with E-state index >= 15 is 0 Å². The SMILES string of the molecule is Cc1cc(C(=O)Nc2c(O)c(S(=O)(=O)O)cc3ccccc23)ccc1N. The minimum Gasteiger partial charge on any atom is -0.504 e.